The molecular formula is C28H23N4O4+. The summed E-state index contributed by atoms with van der Waals surface area (Å²) in [6.45, 7) is 2.17. The van der Waals surface area contributed by atoms with Crippen LogP contribution in [0.25, 0.3) is 23.0 Å². The maximum Gasteiger partial charge on any atom is 0.372 e. The van der Waals surface area contributed by atoms with Crippen LogP contribution in [0.1, 0.15) is 18.1 Å². The van der Waals surface area contributed by atoms with Gasteiger partial charge in [-0.15, -0.1) is 0 Å². The predicted molar refractivity (Wildman–Crippen MR) is 133 cm³/mol. The Kier molecular flexibility index (Phi) is 6.48. The number of esters is 2. The lowest BCUT2D eigenvalue weighted by atomic mass is 10.1. The standard InChI is InChI=1S/C28H23N4O4/c1-2-35-25(33)19-31-15-9-12-21(17-31)26-22(18-32(30-26)23-13-7-4-8-14-23)16-24-28(34)36-27(29-24)20-10-5-3-6-11-20/h3-18H,2,19H2,1H3/q+1. The average molecular weight is 480 g/mol. The van der Waals surface area contributed by atoms with Gasteiger partial charge in [-0.2, -0.15) is 9.67 Å². The van der Waals surface area contributed by atoms with E-state index in [9.17, 15) is 9.59 Å². The molecule has 8 heteroatoms. The predicted octanol–water partition coefficient (Wildman–Crippen LogP) is 3.73. The number of hydrogen-bond acceptors (Lipinski definition) is 6. The average Bonchev–Trinajstić information content (AvgIpc) is 3.49. The van der Waals surface area contributed by atoms with Crippen molar-refractivity contribution in [3.05, 3.63) is 108 Å². The molecule has 0 saturated heterocycles. The molecular weight excluding hydrogens is 456 g/mol. The summed E-state index contributed by atoms with van der Waals surface area (Å²) in [5.74, 6) is -0.596. The molecule has 0 fully saturated rings. The van der Waals surface area contributed by atoms with Crippen LogP contribution < -0.4 is 4.57 Å². The summed E-state index contributed by atoms with van der Waals surface area (Å²) in [7, 11) is 0. The van der Waals surface area contributed by atoms with Gasteiger partial charge in [0.25, 0.3) is 0 Å². The molecule has 0 saturated carbocycles. The molecule has 8 nitrogen and oxygen atoms in total. The van der Waals surface area contributed by atoms with E-state index in [2.05, 4.69) is 4.99 Å². The number of aromatic nitrogens is 3. The van der Waals surface area contributed by atoms with Crippen LogP contribution in [-0.4, -0.2) is 34.2 Å². The lowest BCUT2D eigenvalue weighted by Gasteiger charge is -2.01. The molecule has 0 unspecified atom stereocenters. The molecule has 0 atom stereocenters. The van der Waals surface area contributed by atoms with E-state index < -0.39 is 5.97 Å². The number of pyridine rings is 1. The van der Waals surface area contributed by atoms with Crippen LogP contribution in [0.5, 0.6) is 0 Å². The second-order valence-corrected chi connectivity index (χ2v) is 7.99. The summed E-state index contributed by atoms with van der Waals surface area (Å²) in [6, 6.07) is 22.7. The van der Waals surface area contributed by atoms with Gasteiger partial charge < -0.3 is 9.47 Å². The Hall–Kier alpha value is -4.85. The fourth-order valence-electron chi connectivity index (χ4n) is 3.81. The lowest BCUT2D eigenvalue weighted by Crippen LogP contribution is -2.38. The highest BCUT2D eigenvalue weighted by molar-refractivity contribution is 6.13. The van der Waals surface area contributed by atoms with E-state index in [1.165, 1.54) is 0 Å². The molecule has 1 aliphatic heterocycles. The normalized spacial score (nSPS) is 14.0. The lowest BCUT2D eigenvalue weighted by molar-refractivity contribution is -0.685. The Morgan fingerprint density at radius 1 is 1.03 bits per heavy atom. The molecule has 1 aliphatic rings. The molecule has 0 bridgehead atoms. The van der Waals surface area contributed by atoms with Crippen LogP contribution in [0.15, 0.2) is 102 Å². The van der Waals surface area contributed by atoms with Crippen LogP contribution in [0.4, 0.5) is 0 Å². The number of cyclic esters (lactones) is 1. The van der Waals surface area contributed by atoms with Gasteiger partial charge in [0.05, 0.1) is 17.9 Å². The van der Waals surface area contributed by atoms with Crippen molar-refractivity contribution >= 4 is 23.9 Å². The first-order valence-corrected chi connectivity index (χ1v) is 11.5. The van der Waals surface area contributed by atoms with Gasteiger partial charge in [0.1, 0.15) is 5.69 Å². The molecule has 4 aromatic rings. The summed E-state index contributed by atoms with van der Waals surface area (Å²) in [5.41, 5.74) is 3.83. The fraction of sp³-hybridized carbons (Fsp3) is 0.107. The third kappa shape index (κ3) is 4.97. The zero-order chi connectivity index (χ0) is 24.9. The Morgan fingerprint density at radius 3 is 2.50 bits per heavy atom. The minimum Gasteiger partial charge on any atom is -0.461 e. The molecule has 5 rings (SSSR count). The first-order valence-electron chi connectivity index (χ1n) is 11.5. The third-order valence-electron chi connectivity index (χ3n) is 5.45. The maximum absolute atomic E-state index is 12.6. The molecule has 3 heterocycles. The molecule has 0 radical (unpaired) electrons. The highest BCUT2D eigenvalue weighted by Gasteiger charge is 2.25. The second-order valence-electron chi connectivity index (χ2n) is 7.99. The van der Waals surface area contributed by atoms with Gasteiger partial charge in [-0.05, 0) is 43.3 Å². The summed E-state index contributed by atoms with van der Waals surface area (Å²) in [6.07, 6.45) is 7.12. The van der Waals surface area contributed by atoms with E-state index in [0.717, 1.165) is 16.8 Å². The van der Waals surface area contributed by atoms with Gasteiger partial charge in [-0.25, -0.2) is 19.3 Å². The Labute approximate surface area is 207 Å². The van der Waals surface area contributed by atoms with Gasteiger partial charge in [-0.1, -0.05) is 36.4 Å². The Bertz CT molecular complexity index is 1470. The SMILES string of the molecule is CCOC(=O)C[n+]1cccc(-c2nn(-c3ccccc3)cc2C=C2N=C(c3ccccc3)OC2=O)c1. The molecule has 0 N–H and O–H groups in total. The molecule has 2 aromatic heterocycles. The zero-order valence-electron chi connectivity index (χ0n) is 19.6. The number of nitrogens with zero attached hydrogens (tertiary/aromatic N) is 4. The van der Waals surface area contributed by atoms with Gasteiger partial charge in [-0.3, -0.25) is 0 Å². The summed E-state index contributed by atoms with van der Waals surface area (Å²) >= 11 is 0. The molecule has 36 heavy (non-hydrogen) atoms. The van der Waals surface area contributed by atoms with E-state index in [1.54, 1.807) is 28.4 Å². The van der Waals surface area contributed by atoms with Crippen molar-refractivity contribution in [1.82, 2.24) is 9.78 Å². The van der Waals surface area contributed by atoms with Crippen molar-refractivity contribution < 1.29 is 23.6 Å². The quantitative estimate of drug-likeness (QED) is 0.229. The van der Waals surface area contributed by atoms with E-state index >= 15 is 0 Å². The smallest absolute Gasteiger partial charge is 0.372 e. The zero-order valence-corrected chi connectivity index (χ0v) is 19.6. The summed E-state index contributed by atoms with van der Waals surface area (Å²) < 4.78 is 14.0. The van der Waals surface area contributed by atoms with Crippen molar-refractivity contribution in [3.63, 3.8) is 0 Å². The van der Waals surface area contributed by atoms with Crippen molar-refractivity contribution in [2.24, 2.45) is 4.99 Å². The number of benzene rings is 2. The topological polar surface area (TPSA) is 86.7 Å². The highest BCUT2D eigenvalue weighted by Crippen LogP contribution is 2.27. The monoisotopic (exact) mass is 479 g/mol. The Morgan fingerprint density at radius 2 is 1.75 bits per heavy atom. The molecule has 0 aliphatic carbocycles. The number of carbonyl (C=O) groups is 2. The van der Waals surface area contributed by atoms with E-state index in [1.807, 2.05) is 85.2 Å². The number of para-hydroxylation sites is 1. The summed E-state index contributed by atoms with van der Waals surface area (Å²) in [4.78, 5) is 29.1. The first kappa shape index (κ1) is 22.9. The van der Waals surface area contributed by atoms with Crippen LogP contribution in [-0.2, 0) is 25.6 Å². The minimum atomic E-state index is -0.530. The van der Waals surface area contributed by atoms with E-state index in [4.69, 9.17) is 14.6 Å². The van der Waals surface area contributed by atoms with Gasteiger partial charge in [0, 0.05) is 23.4 Å². The number of carbonyl (C=O) groups excluding carboxylic acids is 2. The highest BCUT2D eigenvalue weighted by atomic mass is 16.6. The van der Waals surface area contributed by atoms with Crippen molar-refractivity contribution in [2.45, 2.75) is 13.5 Å². The van der Waals surface area contributed by atoms with Gasteiger partial charge in [0.2, 0.25) is 12.4 Å². The Balaban J connectivity index is 1.57. The van der Waals surface area contributed by atoms with Gasteiger partial charge in [0.15, 0.2) is 18.1 Å². The number of aliphatic imine (C=N–C) groups is 1. The third-order valence-corrected chi connectivity index (χ3v) is 5.45. The molecule has 2 aromatic carbocycles. The fourth-order valence-corrected chi connectivity index (χ4v) is 3.81. The molecule has 178 valence electrons. The van der Waals surface area contributed by atoms with Crippen molar-refractivity contribution in [2.75, 3.05) is 6.61 Å². The maximum atomic E-state index is 12.6. The van der Waals surface area contributed by atoms with E-state index in [0.29, 0.717) is 17.9 Å². The van der Waals surface area contributed by atoms with E-state index in [-0.39, 0.29) is 24.1 Å². The van der Waals surface area contributed by atoms with Crippen LogP contribution in [0.3, 0.4) is 0 Å². The van der Waals surface area contributed by atoms with Crippen molar-refractivity contribution in [1.29, 1.82) is 0 Å². The first-order chi connectivity index (χ1) is 17.6. The second kappa shape index (κ2) is 10.2. The minimum absolute atomic E-state index is 0.0779. The molecule has 0 amide bonds. The number of ether oxygens (including phenoxy) is 2. The molecule has 0 spiro atoms. The number of hydrogen-bond donors (Lipinski definition) is 0. The van der Waals surface area contributed by atoms with Crippen LogP contribution in [0.2, 0.25) is 0 Å². The largest absolute Gasteiger partial charge is 0.461 e. The number of rotatable bonds is 7. The van der Waals surface area contributed by atoms with Gasteiger partial charge >= 0.3 is 11.9 Å². The van der Waals surface area contributed by atoms with Crippen LogP contribution >= 0.6 is 0 Å². The van der Waals surface area contributed by atoms with Crippen molar-refractivity contribution in [3.8, 4) is 16.9 Å². The summed E-state index contributed by atoms with van der Waals surface area (Å²) in [5, 5.41) is 4.79. The van der Waals surface area contributed by atoms with Crippen LogP contribution in [0, 0.1) is 0 Å².